The Morgan fingerprint density at radius 3 is 1.26 bits per heavy atom. The van der Waals surface area contributed by atoms with Crippen LogP contribution in [0.15, 0.2) is 35.5 Å². The van der Waals surface area contributed by atoms with Crippen molar-refractivity contribution in [2.75, 3.05) is 19.6 Å². The van der Waals surface area contributed by atoms with E-state index >= 15 is 0 Å². The lowest BCUT2D eigenvalue weighted by molar-refractivity contribution is -0.144. The van der Waals surface area contributed by atoms with E-state index in [1.54, 1.807) is 99.7 Å². The third-order valence-electron chi connectivity index (χ3n) is 22.8. The number of nitrogens with two attached hydrogens (primary N) is 7. The molecular weight excluding hydrogens is 1720 g/mol. The quantitative estimate of drug-likeness (QED) is 0.0216. The van der Waals surface area contributed by atoms with E-state index in [1.165, 1.54) is 46.0 Å². The number of aromatic amines is 1. The summed E-state index contributed by atoms with van der Waals surface area (Å²) in [5.41, 5.74) is 40.8. The molecular formula is C90H155N23O20. The molecule has 2 aromatic rings. The number of primary amides is 3. The van der Waals surface area contributed by atoms with Crippen molar-refractivity contribution in [1.29, 1.82) is 0 Å². The summed E-state index contributed by atoms with van der Waals surface area (Å²) in [6.07, 6.45) is 9.21. The molecule has 133 heavy (non-hydrogen) atoms. The molecule has 31 N–H and O–H groups in total. The summed E-state index contributed by atoms with van der Waals surface area (Å²) in [4.78, 5) is 256. The zero-order chi connectivity index (χ0) is 100. The van der Waals surface area contributed by atoms with Crippen LogP contribution in [0, 0.1) is 29.6 Å². The number of carbonyl (C=O) groups is 18. The Kier molecular flexibility index (Phi) is 55.4. The van der Waals surface area contributed by atoms with E-state index < -0.39 is 247 Å². The summed E-state index contributed by atoms with van der Waals surface area (Å²) in [5.74, 6) is -19.8. The van der Waals surface area contributed by atoms with Gasteiger partial charge in [0.05, 0.1) is 18.7 Å². The number of nitrogens with one attached hydrogen (secondary N) is 15. The first kappa shape index (κ1) is 117. The van der Waals surface area contributed by atoms with Crippen molar-refractivity contribution in [3.63, 3.8) is 0 Å². The van der Waals surface area contributed by atoms with E-state index in [1.807, 2.05) is 0 Å². The molecule has 43 nitrogen and oxygen atoms in total. The highest BCUT2D eigenvalue weighted by Crippen LogP contribution is 2.22. The normalized spacial score (nSPS) is 15.2. The van der Waals surface area contributed by atoms with E-state index in [0.29, 0.717) is 42.1 Å². The number of para-hydroxylation sites is 1. The number of H-pyrrole nitrogens is 1. The summed E-state index contributed by atoms with van der Waals surface area (Å²) >= 11 is 0. The lowest BCUT2D eigenvalue weighted by Gasteiger charge is -2.30. The van der Waals surface area contributed by atoms with E-state index in [0.717, 1.165) is 25.7 Å². The van der Waals surface area contributed by atoms with E-state index in [9.17, 15) is 96.5 Å². The summed E-state index contributed by atoms with van der Waals surface area (Å²) < 4.78 is 0. The number of aromatic nitrogens is 1. The summed E-state index contributed by atoms with van der Waals surface area (Å²) in [7, 11) is 0. The molecule has 1 unspecified atom stereocenters. The number of hydrogen-bond donors (Lipinski definition) is 24. The van der Waals surface area contributed by atoms with Gasteiger partial charge in [0.1, 0.15) is 78.5 Å². The third-order valence-corrected chi connectivity index (χ3v) is 22.8. The first-order valence-electron chi connectivity index (χ1n) is 46.7. The zero-order valence-corrected chi connectivity index (χ0v) is 79.9. The van der Waals surface area contributed by atoms with Crippen LogP contribution in [0.25, 0.3) is 10.9 Å². The van der Waals surface area contributed by atoms with E-state index in [4.69, 9.17) is 40.1 Å². The smallest absolute Gasteiger partial charge is 0.326 e. The molecule has 750 valence electrons. The largest absolute Gasteiger partial charge is 0.480 e. The Hall–Kier alpha value is -11.6. The van der Waals surface area contributed by atoms with Crippen LogP contribution in [0.5, 0.6) is 0 Å². The number of carbonyl (C=O) groups excluding carboxylic acids is 17. The SMILES string of the molecule is CCCCCCCCCCCCC(N)C(=O)N[C@@H](CCC(N)=O)C(=O)N[C@@H](CC(C)C)C(=O)N[C@H](C(=O)N[C@H](C(=O)N[C@@H](Cc1c[nH]c2ccccc12)C(=O)NCC(=O)N[C@H](C(=O)N[C@@H](CCCCN)C(=O)N[C@@H](CCC(N)=O)C(=O)N[C@@H](CC(C)C)C(=O)N[C@@H](CCC(N)=O)C(=O)N[C@@H](C)C(=O)N[C@@H](CCCN=C(N)N)C(=O)N[C@H](C(=O)O)[C@@H](C)CC)[C@@H](C)CC)C(C)C)[C@@H](C)O. The maximum Gasteiger partial charge on any atom is 0.326 e. The van der Waals surface area contributed by atoms with Gasteiger partial charge in [0.25, 0.3) is 0 Å². The summed E-state index contributed by atoms with van der Waals surface area (Å²) in [5, 5.41) is 57.7. The van der Waals surface area contributed by atoms with E-state index in [2.05, 4.69) is 91.3 Å². The molecule has 1 aromatic carbocycles. The first-order chi connectivity index (χ1) is 62.7. The minimum atomic E-state index is -1.78. The van der Waals surface area contributed by atoms with Crippen LogP contribution in [-0.2, 0) is 92.7 Å². The van der Waals surface area contributed by atoms with Crippen LogP contribution >= 0.6 is 0 Å². The molecule has 1 aromatic heterocycles. The van der Waals surface area contributed by atoms with Crippen LogP contribution in [-0.4, -0.2) is 238 Å². The van der Waals surface area contributed by atoms with Gasteiger partial charge in [0.15, 0.2) is 5.96 Å². The molecule has 0 saturated carbocycles. The number of aliphatic hydroxyl groups excluding tert-OH is 1. The monoisotopic (exact) mass is 1880 g/mol. The second kappa shape index (κ2) is 62.7. The molecule has 0 bridgehead atoms. The fourth-order valence-corrected chi connectivity index (χ4v) is 14.5. The molecule has 43 heteroatoms. The van der Waals surface area contributed by atoms with Crippen LogP contribution in [0.2, 0.25) is 0 Å². The molecule has 2 rings (SSSR count). The highest BCUT2D eigenvalue weighted by atomic mass is 16.4. The lowest BCUT2D eigenvalue weighted by atomic mass is 9.97. The van der Waals surface area contributed by atoms with Gasteiger partial charge in [-0.1, -0.05) is 171 Å². The maximum absolute atomic E-state index is 14.7. The fraction of sp³-hybridized carbons (Fsp3) is 0.700. The van der Waals surface area contributed by atoms with Crippen molar-refractivity contribution in [3.8, 4) is 0 Å². The predicted octanol–water partition coefficient (Wildman–Crippen LogP) is -0.928. The Bertz CT molecular complexity index is 4140. The number of aliphatic imine (C=N–C) groups is 1. The maximum atomic E-state index is 14.7. The Morgan fingerprint density at radius 2 is 0.789 bits per heavy atom. The second-order valence-electron chi connectivity index (χ2n) is 35.7. The number of carboxylic acid groups (broad SMARTS) is 1. The minimum Gasteiger partial charge on any atom is -0.480 e. The number of rotatable bonds is 69. The van der Waals surface area contributed by atoms with Gasteiger partial charge >= 0.3 is 5.97 Å². The van der Waals surface area contributed by atoms with Crippen LogP contribution in [0.3, 0.4) is 0 Å². The molecule has 0 aliphatic heterocycles. The number of aliphatic hydroxyl groups is 1. The number of benzene rings is 1. The standard InChI is InChI=1S/C90H155N23O20/c1-14-17-18-19-20-21-22-23-24-25-32-58(92)77(120)103-63(37-40-69(94)116)81(124)108-66(45-50(6)7)85(128)113-75(55(13)114)88(131)111-72(51(8)9)86(129)109-67(46-56-47-99-59-33-27-26-31-57(56)59)78(121)100-48-71(118)110-73(52(10)15-2)87(130)106-60(34-28-29-42-91)80(123)104-64(38-41-70(95)117)82(125)107-65(44-49(4)5)84(127)105-62(36-39-68(93)115)79(122)101-54(12)76(119)102-61(35-30-43-98-90(96)97)83(126)112-74(89(132)133)53(11)16-3/h26-27,31,33,47,49-55,58,60-67,72-75,99,114H,14-25,28-30,32,34-46,48,91-92H2,1-13H3,(H2,93,115)(H2,94,116)(H2,95,117)(H,100,121)(H,101,122)(H,102,119)(H,103,120)(H,104,123)(H,105,127)(H,106,130)(H,107,125)(H,108,124)(H,109,129)(H,110,118)(H,111,131)(H,112,126)(H,113,128)(H,132,133)(H4,96,97,98)/t52-,53-,54-,55+,58?,60-,61-,62-,63-,64-,65-,66-,67-,72-,73-,74-,75-/m0/s1. The lowest BCUT2D eigenvalue weighted by Crippen LogP contribution is -2.62. The highest BCUT2D eigenvalue weighted by Gasteiger charge is 2.40. The second-order valence-corrected chi connectivity index (χ2v) is 35.7. The zero-order valence-electron chi connectivity index (χ0n) is 79.9. The van der Waals surface area contributed by atoms with Gasteiger partial charge in [-0.05, 0) is 132 Å². The average molecular weight is 1880 g/mol. The highest BCUT2D eigenvalue weighted by molar-refractivity contribution is 6.01. The number of fused-ring (bicyclic) bond motifs is 1. The first-order valence-corrected chi connectivity index (χ1v) is 46.7. The molecule has 0 aliphatic carbocycles. The van der Waals surface area contributed by atoms with Crippen molar-refractivity contribution in [1.82, 2.24) is 79.4 Å². The van der Waals surface area contributed by atoms with Crippen molar-refractivity contribution >= 4 is 123 Å². The molecule has 0 radical (unpaired) electrons. The minimum absolute atomic E-state index is 0.0218. The van der Waals surface area contributed by atoms with E-state index in [-0.39, 0.29) is 95.1 Å². The summed E-state index contributed by atoms with van der Waals surface area (Å²) in [6, 6.07) is -13.4. The Balaban J connectivity index is 2.48. The molecule has 0 aliphatic rings. The predicted molar refractivity (Wildman–Crippen MR) is 500 cm³/mol. The fourth-order valence-electron chi connectivity index (χ4n) is 14.5. The van der Waals surface area contributed by atoms with Crippen LogP contribution in [0.1, 0.15) is 263 Å². The molecule has 0 spiro atoms. The third kappa shape index (κ3) is 45.6. The topological polar surface area (TPSA) is 726 Å². The van der Waals surface area contributed by atoms with Crippen molar-refractivity contribution < 1.29 is 96.5 Å². The van der Waals surface area contributed by atoms with Gasteiger partial charge in [-0.2, -0.15) is 0 Å². The van der Waals surface area contributed by atoms with Gasteiger partial charge in [-0.25, -0.2) is 4.79 Å². The van der Waals surface area contributed by atoms with Gasteiger partial charge in [0.2, 0.25) is 100 Å². The van der Waals surface area contributed by atoms with Crippen LogP contribution in [0.4, 0.5) is 0 Å². The van der Waals surface area contributed by atoms with Gasteiger partial charge in [0, 0.05) is 49.3 Å². The number of aliphatic carboxylic acids is 1. The van der Waals surface area contributed by atoms with Crippen molar-refractivity contribution in [2.24, 2.45) is 74.7 Å². The number of guanidine groups is 1. The Labute approximate surface area is 780 Å². The van der Waals surface area contributed by atoms with Crippen molar-refractivity contribution in [2.45, 2.75) is 354 Å². The average Bonchev–Trinajstić information content (AvgIpc) is 1.71. The number of unbranched alkanes of at least 4 members (excludes halogenated alkanes) is 10. The summed E-state index contributed by atoms with van der Waals surface area (Å²) in [6.45, 7) is 20.7. The molecule has 1 heterocycles. The van der Waals surface area contributed by atoms with Gasteiger partial charge < -0.3 is 130 Å². The molecule has 17 atom stereocenters. The number of nitrogens with zero attached hydrogens (tertiary/aromatic N) is 1. The molecule has 0 fully saturated rings. The Morgan fingerprint density at radius 1 is 0.398 bits per heavy atom. The molecule has 17 amide bonds. The number of hydrogen-bond acceptors (Lipinski definition) is 22. The number of carboxylic acids is 1. The van der Waals surface area contributed by atoms with Crippen molar-refractivity contribution in [3.05, 3.63) is 36.0 Å². The van der Waals surface area contributed by atoms with Gasteiger partial charge in [-0.15, -0.1) is 0 Å². The molecule has 0 saturated heterocycles. The van der Waals surface area contributed by atoms with Gasteiger partial charge in [-0.3, -0.25) is 86.5 Å². The number of amides is 17. The van der Waals surface area contributed by atoms with Crippen LogP contribution < -0.4 is 115 Å².